The van der Waals surface area contributed by atoms with E-state index >= 15 is 0 Å². The summed E-state index contributed by atoms with van der Waals surface area (Å²) in [6, 6.07) is 12.4. The lowest BCUT2D eigenvalue weighted by Gasteiger charge is -2.22. The molecule has 0 aliphatic heterocycles. The highest BCUT2D eigenvalue weighted by Gasteiger charge is 2.25. The topological polar surface area (TPSA) is 121 Å². The van der Waals surface area contributed by atoms with Gasteiger partial charge in [-0.05, 0) is 50.1 Å². The van der Waals surface area contributed by atoms with Crippen molar-refractivity contribution in [1.82, 2.24) is 25.7 Å². The van der Waals surface area contributed by atoms with Gasteiger partial charge in [0.2, 0.25) is 0 Å². The second-order valence-corrected chi connectivity index (χ2v) is 8.80. The van der Waals surface area contributed by atoms with Gasteiger partial charge >= 0.3 is 6.09 Å². The fourth-order valence-corrected chi connectivity index (χ4v) is 3.49. The summed E-state index contributed by atoms with van der Waals surface area (Å²) in [4.78, 5) is 37.1. The molecule has 1 atom stereocenters. The van der Waals surface area contributed by atoms with Crippen LogP contribution in [0.1, 0.15) is 31.9 Å². The average molecular weight is 459 g/mol. The number of H-pyrrole nitrogens is 1. The number of benzene rings is 2. The standard InChI is InChI=1S/C25H26N6O3/c1-25(2,3)34-24(33)30-22(13-17-15-28-19-7-5-4-6-18(17)19)23(32)31-29-14-16-8-9-20-21(12-16)27-11-10-26-20/h4-12,14-15,22,28H,13H2,1-3H3,(H,30,33)(H,31,32)/b29-14-/t22-/m0/s1. The molecule has 3 N–H and O–H groups in total. The second-order valence-electron chi connectivity index (χ2n) is 8.80. The molecule has 0 spiro atoms. The quantitative estimate of drug-likeness (QED) is 0.300. The van der Waals surface area contributed by atoms with E-state index < -0.39 is 23.6 Å². The maximum Gasteiger partial charge on any atom is 0.408 e. The van der Waals surface area contributed by atoms with Crippen LogP contribution in [0.5, 0.6) is 0 Å². The van der Waals surface area contributed by atoms with Crippen LogP contribution in [0.25, 0.3) is 21.9 Å². The van der Waals surface area contributed by atoms with E-state index in [2.05, 4.69) is 30.8 Å². The molecule has 2 aromatic carbocycles. The first-order valence-electron chi connectivity index (χ1n) is 10.9. The van der Waals surface area contributed by atoms with Gasteiger partial charge in [0.05, 0.1) is 17.2 Å². The third kappa shape index (κ3) is 5.74. The lowest BCUT2D eigenvalue weighted by atomic mass is 10.0. The van der Waals surface area contributed by atoms with Crippen LogP contribution in [-0.4, -0.2) is 44.8 Å². The number of para-hydroxylation sites is 1. The summed E-state index contributed by atoms with van der Waals surface area (Å²) >= 11 is 0. The molecule has 9 heteroatoms. The van der Waals surface area contributed by atoms with Crippen molar-refractivity contribution in [2.45, 2.75) is 38.8 Å². The number of hydrazone groups is 1. The smallest absolute Gasteiger partial charge is 0.408 e. The molecule has 0 saturated carbocycles. The third-order valence-corrected chi connectivity index (χ3v) is 4.99. The lowest BCUT2D eigenvalue weighted by molar-refractivity contribution is -0.123. The highest BCUT2D eigenvalue weighted by Crippen LogP contribution is 2.19. The fourth-order valence-electron chi connectivity index (χ4n) is 3.49. The van der Waals surface area contributed by atoms with Crippen molar-refractivity contribution in [2.24, 2.45) is 5.10 Å². The number of ether oxygens (including phenoxy) is 1. The first kappa shape index (κ1) is 22.9. The number of fused-ring (bicyclic) bond motifs is 2. The number of rotatable bonds is 6. The van der Waals surface area contributed by atoms with Crippen LogP contribution in [0.4, 0.5) is 4.79 Å². The fraction of sp³-hybridized carbons (Fsp3) is 0.240. The van der Waals surface area contributed by atoms with Crippen molar-refractivity contribution in [2.75, 3.05) is 0 Å². The van der Waals surface area contributed by atoms with Crippen molar-refractivity contribution in [3.63, 3.8) is 0 Å². The number of aromatic nitrogens is 3. The Morgan fingerprint density at radius 1 is 1.12 bits per heavy atom. The Hall–Kier alpha value is -4.27. The molecule has 2 amide bonds. The van der Waals surface area contributed by atoms with Gasteiger partial charge in [-0.3, -0.25) is 14.8 Å². The Morgan fingerprint density at radius 3 is 2.68 bits per heavy atom. The van der Waals surface area contributed by atoms with Crippen molar-refractivity contribution in [1.29, 1.82) is 0 Å². The van der Waals surface area contributed by atoms with Gasteiger partial charge in [-0.15, -0.1) is 0 Å². The van der Waals surface area contributed by atoms with Crippen LogP contribution in [0.15, 0.2) is 66.2 Å². The minimum Gasteiger partial charge on any atom is -0.444 e. The highest BCUT2D eigenvalue weighted by molar-refractivity contribution is 5.90. The van der Waals surface area contributed by atoms with E-state index in [1.165, 1.54) is 6.21 Å². The number of carbonyl (C=O) groups is 2. The summed E-state index contributed by atoms with van der Waals surface area (Å²) in [6.07, 6.45) is 6.17. The first-order chi connectivity index (χ1) is 16.3. The summed E-state index contributed by atoms with van der Waals surface area (Å²) in [5.41, 5.74) is 5.92. The molecule has 2 aromatic heterocycles. The second kappa shape index (κ2) is 9.70. The van der Waals surface area contributed by atoms with Crippen molar-refractivity contribution in [3.8, 4) is 0 Å². The monoisotopic (exact) mass is 458 g/mol. The molecule has 0 aliphatic carbocycles. The summed E-state index contributed by atoms with van der Waals surface area (Å²) in [5, 5.41) is 7.72. The van der Waals surface area contributed by atoms with Crippen molar-refractivity contribution >= 4 is 40.2 Å². The number of aromatic amines is 1. The van der Waals surface area contributed by atoms with E-state index in [9.17, 15) is 9.59 Å². The van der Waals surface area contributed by atoms with E-state index in [4.69, 9.17) is 4.74 Å². The number of carbonyl (C=O) groups excluding carboxylic acids is 2. The van der Waals surface area contributed by atoms with E-state index in [0.717, 1.165) is 33.1 Å². The molecule has 2 heterocycles. The summed E-state index contributed by atoms with van der Waals surface area (Å²) in [6.45, 7) is 5.29. The number of hydrogen-bond acceptors (Lipinski definition) is 6. The molecular formula is C25H26N6O3. The molecule has 0 fully saturated rings. The van der Waals surface area contributed by atoms with Gasteiger partial charge in [0.1, 0.15) is 11.6 Å². The zero-order chi connectivity index (χ0) is 24.1. The Labute approximate surface area is 196 Å². The van der Waals surface area contributed by atoms with Gasteiger partial charge in [0, 0.05) is 35.9 Å². The van der Waals surface area contributed by atoms with Gasteiger partial charge in [-0.2, -0.15) is 5.10 Å². The molecule has 9 nitrogen and oxygen atoms in total. The van der Waals surface area contributed by atoms with E-state index in [0.29, 0.717) is 0 Å². The zero-order valence-electron chi connectivity index (χ0n) is 19.2. The first-order valence-corrected chi connectivity index (χ1v) is 10.9. The minimum atomic E-state index is -0.895. The Bertz CT molecular complexity index is 1360. The van der Waals surface area contributed by atoms with Crippen LogP contribution < -0.4 is 10.7 Å². The highest BCUT2D eigenvalue weighted by atomic mass is 16.6. The molecule has 4 rings (SSSR count). The molecule has 4 aromatic rings. The van der Waals surface area contributed by atoms with Crippen LogP contribution in [0, 0.1) is 0 Å². The molecule has 0 unspecified atom stereocenters. The van der Waals surface area contributed by atoms with Crippen LogP contribution in [0.2, 0.25) is 0 Å². The number of nitrogens with one attached hydrogen (secondary N) is 3. The Kier molecular flexibility index (Phi) is 6.53. The third-order valence-electron chi connectivity index (χ3n) is 4.99. The van der Waals surface area contributed by atoms with E-state index in [-0.39, 0.29) is 6.42 Å². The van der Waals surface area contributed by atoms with Crippen LogP contribution in [-0.2, 0) is 16.0 Å². The predicted molar refractivity (Wildman–Crippen MR) is 130 cm³/mol. The molecule has 34 heavy (non-hydrogen) atoms. The normalized spacial score (nSPS) is 12.7. The lowest BCUT2D eigenvalue weighted by Crippen LogP contribution is -2.48. The van der Waals surface area contributed by atoms with Crippen molar-refractivity contribution in [3.05, 3.63) is 72.2 Å². The van der Waals surface area contributed by atoms with Gasteiger partial charge < -0.3 is 15.0 Å². The molecule has 0 saturated heterocycles. The minimum absolute atomic E-state index is 0.260. The zero-order valence-corrected chi connectivity index (χ0v) is 19.2. The van der Waals surface area contributed by atoms with E-state index in [1.807, 2.05) is 48.7 Å². The van der Waals surface area contributed by atoms with Crippen LogP contribution >= 0.6 is 0 Å². The van der Waals surface area contributed by atoms with Gasteiger partial charge in [0.25, 0.3) is 5.91 Å². The van der Waals surface area contributed by atoms with Crippen molar-refractivity contribution < 1.29 is 14.3 Å². The summed E-state index contributed by atoms with van der Waals surface area (Å²) in [5.74, 6) is -0.465. The number of hydrogen-bond donors (Lipinski definition) is 3. The van der Waals surface area contributed by atoms with Gasteiger partial charge in [0.15, 0.2) is 0 Å². The molecular weight excluding hydrogens is 432 g/mol. The number of nitrogens with zero attached hydrogens (tertiary/aromatic N) is 3. The van der Waals surface area contributed by atoms with Gasteiger partial charge in [-0.25, -0.2) is 10.2 Å². The molecule has 0 radical (unpaired) electrons. The summed E-state index contributed by atoms with van der Waals surface area (Å²) in [7, 11) is 0. The average Bonchev–Trinajstić information content (AvgIpc) is 3.20. The van der Waals surface area contributed by atoms with E-state index in [1.54, 1.807) is 33.2 Å². The number of alkyl carbamates (subject to hydrolysis) is 1. The predicted octanol–water partition coefficient (Wildman–Crippen LogP) is 3.70. The maximum absolute atomic E-state index is 13.0. The largest absolute Gasteiger partial charge is 0.444 e. The molecule has 174 valence electrons. The van der Waals surface area contributed by atoms with Gasteiger partial charge in [-0.1, -0.05) is 24.3 Å². The Morgan fingerprint density at radius 2 is 1.88 bits per heavy atom. The maximum atomic E-state index is 13.0. The van der Waals surface area contributed by atoms with Crippen LogP contribution in [0.3, 0.4) is 0 Å². The SMILES string of the molecule is CC(C)(C)OC(=O)N[C@@H](Cc1c[nH]c2ccccc12)C(=O)N/N=C\c1ccc2nccnc2c1. The summed E-state index contributed by atoms with van der Waals surface area (Å²) < 4.78 is 5.35. The Balaban J connectivity index is 1.49. The molecule has 0 bridgehead atoms. The number of amides is 2. The molecule has 0 aliphatic rings.